The van der Waals surface area contributed by atoms with E-state index in [1.165, 1.54) is 29.1 Å². The molecule has 11 rings (SSSR count). The summed E-state index contributed by atoms with van der Waals surface area (Å²) in [6, 6.07) is 6.60. The lowest BCUT2D eigenvalue weighted by molar-refractivity contribution is -0.133. The van der Waals surface area contributed by atoms with Gasteiger partial charge in [-0.05, 0) is 69.7 Å². The van der Waals surface area contributed by atoms with Crippen molar-refractivity contribution in [1.82, 2.24) is 49.1 Å². The van der Waals surface area contributed by atoms with Crippen LogP contribution in [0, 0.1) is 30.3 Å². The molecular weight excluding hydrogens is 834 g/mol. The average molecular weight is 881 g/mol. The molecule has 4 aromatic heterocycles. The van der Waals surface area contributed by atoms with Gasteiger partial charge in [-0.2, -0.15) is 15.1 Å². The molecule has 2 bridgehead atoms. The zero-order chi connectivity index (χ0) is 44.1. The smallest absolute Gasteiger partial charge is 0.345 e. The number of hydrogen-bond donors (Lipinski definition) is 2. The average Bonchev–Trinajstić information content (AvgIpc) is 4.16. The molecule has 334 valence electrons. The van der Waals surface area contributed by atoms with E-state index in [1.807, 2.05) is 23.3 Å². The Kier molecular flexibility index (Phi) is 9.96. The molecule has 6 aromatic rings. The number of imidazole rings is 1. The molecule has 5 aliphatic rings. The normalized spacial score (nSPS) is 24.7. The Labute approximate surface area is 364 Å². The first kappa shape index (κ1) is 40.8. The first-order valence-electron chi connectivity index (χ1n) is 21.8. The number of anilines is 2. The van der Waals surface area contributed by atoms with E-state index in [1.54, 1.807) is 24.2 Å². The van der Waals surface area contributed by atoms with Gasteiger partial charge in [-0.25, -0.2) is 32.6 Å². The van der Waals surface area contributed by atoms with Crippen molar-refractivity contribution >= 4 is 39.7 Å². The van der Waals surface area contributed by atoms with Crippen LogP contribution < -0.4 is 15.5 Å². The second kappa shape index (κ2) is 15.6. The Morgan fingerprint density at radius 1 is 1.03 bits per heavy atom. The molecule has 2 aliphatic carbocycles. The number of rotatable bonds is 12. The Bertz CT molecular complexity index is 2870. The number of aliphatic hydroxyl groups excluding tert-OH is 1. The number of aryl methyl sites for hydroxylation is 1. The molecule has 2 N–H and O–H groups in total. The molecule has 1 amide bonds. The van der Waals surface area contributed by atoms with Crippen molar-refractivity contribution in [3.05, 3.63) is 82.6 Å². The fourth-order valence-electron chi connectivity index (χ4n) is 10.3. The van der Waals surface area contributed by atoms with Crippen molar-refractivity contribution in [2.75, 3.05) is 49.8 Å². The van der Waals surface area contributed by atoms with Gasteiger partial charge in [-0.15, -0.1) is 0 Å². The first-order chi connectivity index (χ1) is 30.9. The van der Waals surface area contributed by atoms with E-state index in [4.69, 9.17) is 19.4 Å². The Balaban J connectivity index is 0.937. The number of ether oxygens (including phenoxy) is 2. The van der Waals surface area contributed by atoms with Gasteiger partial charge in [0.1, 0.15) is 41.2 Å². The third kappa shape index (κ3) is 6.97. The molecular formula is C44H47F3N12O5. The summed E-state index contributed by atoms with van der Waals surface area (Å²) in [5, 5.41) is 16.7. The van der Waals surface area contributed by atoms with Crippen LogP contribution >= 0.6 is 0 Å². The lowest BCUT2D eigenvalue weighted by Gasteiger charge is -2.52. The van der Waals surface area contributed by atoms with Crippen LogP contribution in [0.5, 0.6) is 0 Å². The SMILES string of the molecule is CCO[C@@H](CN(C)C(=O)[C@@H]1C[C@@H]2CC2N1c1nc(N2[C@H]3COC[C@@H]2C(O)N(C2CC2)C3)nc2c1cnn2-c1ccc(F)cc1F)Cn1c(C)nc2cc(F)cc(-c3ccnc(=O)[nH]3)c21. The molecule has 7 heterocycles. The number of morpholine rings is 1. The van der Waals surface area contributed by atoms with Crippen LogP contribution in [0.3, 0.4) is 0 Å². The predicted octanol–water partition coefficient (Wildman–Crippen LogP) is 3.54. The molecule has 20 heteroatoms. The largest absolute Gasteiger partial charge is 0.377 e. The van der Waals surface area contributed by atoms with Gasteiger partial charge in [-0.1, -0.05) is 0 Å². The van der Waals surface area contributed by atoms with Gasteiger partial charge in [0.25, 0.3) is 0 Å². The van der Waals surface area contributed by atoms with Crippen LogP contribution in [0.4, 0.5) is 24.9 Å². The molecule has 2 unspecified atom stereocenters. The van der Waals surface area contributed by atoms with Crippen molar-refractivity contribution in [1.29, 1.82) is 0 Å². The number of hydrogen-bond acceptors (Lipinski definition) is 13. The van der Waals surface area contributed by atoms with Crippen molar-refractivity contribution in [2.24, 2.45) is 5.92 Å². The topological polar surface area (TPSA) is 176 Å². The molecule has 0 radical (unpaired) electrons. The Hall–Kier alpha value is -5.96. The maximum absolute atomic E-state index is 15.5. The number of aromatic nitrogens is 8. The van der Waals surface area contributed by atoms with E-state index in [0.29, 0.717) is 77.5 Å². The Morgan fingerprint density at radius 2 is 1.88 bits per heavy atom. The summed E-state index contributed by atoms with van der Waals surface area (Å²) in [4.78, 5) is 56.3. The van der Waals surface area contributed by atoms with E-state index >= 15 is 4.39 Å². The number of likely N-dealkylation sites (N-methyl/N-ethyl adjacent to an activating group) is 1. The van der Waals surface area contributed by atoms with Gasteiger partial charge in [0.05, 0.1) is 66.3 Å². The van der Waals surface area contributed by atoms with Crippen LogP contribution in [0.1, 0.15) is 38.4 Å². The van der Waals surface area contributed by atoms with Crippen LogP contribution in [0.15, 0.2) is 53.6 Å². The van der Waals surface area contributed by atoms with Gasteiger partial charge >= 0.3 is 5.69 Å². The summed E-state index contributed by atoms with van der Waals surface area (Å²) in [6.07, 6.45) is 5.06. The Morgan fingerprint density at radius 3 is 2.66 bits per heavy atom. The summed E-state index contributed by atoms with van der Waals surface area (Å²) < 4.78 is 60.1. The lowest BCUT2D eigenvalue weighted by atomic mass is 10.0. The zero-order valence-electron chi connectivity index (χ0n) is 35.4. The number of benzene rings is 2. The highest BCUT2D eigenvalue weighted by molar-refractivity contribution is 5.94. The highest BCUT2D eigenvalue weighted by Crippen LogP contribution is 2.51. The summed E-state index contributed by atoms with van der Waals surface area (Å²) in [7, 11) is 1.75. The van der Waals surface area contributed by atoms with E-state index in [9.17, 15) is 23.5 Å². The predicted molar refractivity (Wildman–Crippen MR) is 227 cm³/mol. The second-order valence-corrected chi connectivity index (χ2v) is 17.6. The molecule has 5 fully saturated rings. The van der Waals surface area contributed by atoms with Crippen molar-refractivity contribution in [3.63, 3.8) is 0 Å². The summed E-state index contributed by atoms with van der Waals surface area (Å²) >= 11 is 0. The van der Waals surface area contributed by atoms with Crippen molar-refractivity contribution < 1.29 is 32.5 Å². The quantitative estimate of drug-likeness (QED) is 0.183. The van der Waals surface area contributed by atoms with Gasteiger partial charge < -0.3 is 38.8 Å². The maximum Gasteiger partial charge on any atom is 0.345 e. The van der Waals surface area contributed by atoms with Gasteiger partial charge in [0, 0.05) is 62.7 Å². The number of fused-ring (bicyclic) bond motifs is 5. The zero-order valence-corrected chi connectivity index (χ0v) is 35.4. The third-order valence-electron chi connectivity index (χ3n) is 13.5. The number of carbonyl (C=O) groups excluding carboxylic acids is 1. The van der Waals surface area contributed by atoms with Crippen LogP contribution in [0.25, 0.3) is 39.0 Å². The first-order valence-corrected chi connectivity index (χ1v) is 21.8. The van der Waals surface area contributed by atoms with E-state index in [2.05, 4.69) is 29.9 Å². The molecule has 3 saturated heterocycles. The number of amides is 1. The van der Waals surface area contributed by atoms with Crippen LogP contribution in [-0.2, 0) is 20.8 Å². The minimum absolute atomic E-state index is 0.000408. The minimum atomic E-state index is -0.830. The number of aliphatic hydroxyl groups is 1. The van der Waals surface area contributed by atoms with E-state index in [-0.39, 0.29) is 54.9 Å². The van der Waals surface area contributed by atoms with E-state index < -0.39 is 47.6 Å². The number of piperidine rings is 1. The maximum atomic E-state index is 15.5. The highest BCUT2D eigenvalue weighted by atomic mass is 19.1. The molecule has 0 spiro atoms. The molecule has 7 atom stereocenters. The number of nitrogens with one attached hydrogen (secondary N) is 1. The number of nitrogens with zero attached hydrogens (tertiary/aromatic N) is 11. The highest BCUT2D eigenvalue weighted by Gasteiger charge is 2.56. The summed E-state index contributed by atoms with van der Waals surface area (Å²) in [5.74, 6) is -0.596. The fraction of sp³-hybridized carbons (Fsp3) is 0.477. The number of piperazine rings is 1. The number of carbonyl (C=O) groups is 1. The second-order valence-electron chi connectivity index (χ2n) is 17.6. The van der Waals surface area contributed by atoms with Gasteiger partial charge in [0.2, 0.25) is 11.9 Å². The summed E-state index contributed by atoms with van der Waals surface area (Å²) in [5.41, 5.74) is 1.54. The number of halogens is 3. The van der Waals surface area contributed by atoms with Crippen LogP contribution in [-0.4, -0.2) is 143 Å². The van der Waals surface area contributed by atoms with Crippen LogP contribution in [0.2, 0.25) is 0 Å². The molecule has 2 aromatic carbocycles. The monoisotopic (exact) mass is 880 g/mol. The van der Waals surface area contributed by atoms with Crippen molar-refractivity contribution in [2.45, 2.75) is 88.6 Å². The number of aromatic amines is 1. The third-order valence-corrected chi connectivity index (χ3v) is 13.5. The standard InChI is InChI=1S/C44H47F3N12O5/c1-4-64-28(19-55-22(2)50-33-15-25(46)13-29(38(33)55)32-9-10-48-44(62)51-32)18-54(3)41(60)36-12-23-11-35(23)58(36)39-30-16-49-59(34-8-5-24(45)14-31(34)47)40(30)53-43(52-39)57-27-17-56(26-6-7-26)42(61)37(57)21-63-20-27/h5,8-10,13-16,23,26-28,35-37,42,61H,4,6-7,11-12,17-21H2,1-3H3,(H,48,51,62)/t23-,27+,28-,35?,36-,37+,42?/m0/s1. The fourth-order valence-corrected chi connectivity index (χ4v) is 10.3. The van der Waals surface area contributed by atoms with Crippen molar-refractivity contribution in [3.8, 4) is 16.9 Å². The van der Waals surface area contributed by atoms with E-state index in [0.717, 1.165) is 31.4 Å². The van der Waals surface area contributed by atoms with Gasteiger partial charge in [-0.3, -0.25) is 9.69 Å². The molecule has 64 heavy (non-hydrogen) atoms. The minimum Gasteiger partial charge on any atom is -0.377 e. The lowest BCUT2D eigenvalue weighted by Crippen LogP contribution is -2.70. The molecule has 2 saturated carbocycles. The summed E-state index contributed by atoms with van der Waals surface area (Å²) in [6.45, 7) is 5.70. The molecule has 17 nitrogen and oxygen atoms in total. The van der Waals surface area contributed by atoms with Gasteiger partial charge in [0.15, 0.2) is 11.5 Å². The molecule has 3 aliphatic heterocycles. The number of H-pyrrole nitrogens is 1.